The number of aryl methyl sites for hydroxylation is 1. The molecule has 1 heterocycles. The molecule has 122 valence electrons. The first-order valence-electron chi connectivity index (χ1n) is 7.77. The molecule has 2 aromatic carbocycles. The summed E-state index contributed by atoms with van der Waals surface area (Å²) in [7, 11) is 1.66. The maximum absolute atomic E-state index is 5.17. The molecule has 0 unspecified atom stereocenters. The molecule has 0 aliphatic carbocycles. The number of benzene rings is 2. The van der Waals surface area contributed by atoms with Gasteiger partial charge in [0.1, 0.15) is 23.2 Å². The van der Waals surface area contributed by atoms with Crippen molar-refractivity contribution in [1.29, 1.82) is 0 Å². The van der Waals surface area contributed by atoms with Gasteiger partial charge in [-0.1, -0.05) is 30.3 Å². The second kappa shape index (κ2) is 7.46. The van der Waals surface area contributed by atoms with Crippen LogP contribution in [0.5, 0.6) is 5.75 Å². The van der Waals surface area contributed by atoms with Crippen molar-refractivity contribution in [3.8, 4) is 5.75 Å². The maximum Gasteiger partial charge on any atom is 0.136 e. The molecule has 0 aliphatic rings. The summed E-state index contributed by atoms with van der Waals surface area (Å²) in [5.74, 6) is 3.13. The third-order valence-electron chi connectivity index (χ3n) is 3.52. The lowest BCUT2D eigenvalue weighted by Crippen LogP contribution is -2.05. The van der Waals surface area contributed by atoms with Crippen LogP contribution in [0.1, 0.15) is 11.4 Å². The van der Waals surface area contributed by atoms with Crippen molar-refractivity contribution in [2.75, 3.05) is 17.7 Å². The molecule has 0 radical (unpaired) electrons. The Morgan fingerprint density at radius 3 is 2.33 bits per heavy atom. The van der Waals surface area contributed by atoms with Crippen LogP contribution in [0.4, 0.5) is 17.3 Å². The normalized spacial score (nSPS) is 10.2. The van der Waals surface area contributed by atoms with E-state index in [9.17, 15) is 0 Å². The number of nitrogens with one attached hydrogen (secondary N) is 2. The Hall–Kier alpha value is -3.08. The SMILES string of the molecule is COc1ccc(CNc2cc(Nc3ccccc3)nc(C)n2)cc1. The van der Waals surface area contributed by atoms with E-state index in [1.165, 1.54) is 0 Å². The van der Waals surface area contributed by atoms with Crippen molar-refractivity contribution in [3.63, 3.8) is 0 Å². The van der Waals surface area contributed by atoms with E-state index in [0.29, 0.717) is 12.4 Å². The molecule has 5 heteroatoms. The largest absolute Gasteiger partial charge is 0.497 e. The van der Waals surface area contributed by atoms with E-state index in [0.717, 1.165) is 28.6 Å². The molecular weight excluding hydrogens is 300 g/mol. The Kier molecular flexibility index (Phi) is 4.91. The first-order chi connectivity index (χ1) is 11.7. The predicted octanol–water partition coefficient (Wildman–Crippen LogP) is 4.15. The summed E-state index contributed by atoms with van der Waals surface area (Å²) >= 11 is 0. The predicted molar refractivity (Wildman–Crippen MR) is 96.8 cm³/mol. The van der Waals surface area contributed by atoms with Crippen LogP contribution >= 0.6 is 0 Å². The van der Waals surface area contributed by atoms with Gasteiger partial charge in [-0.15, -0.1) is 0 Å². The highest BCUT2D eigenvalue weighted by Crippen LogP contribution is 2.18. The fraction of sp³-hybridized carbons (Fsp3) is 0.158. The van der Waals surface area contributed by atoms with Crippen molar-refractivity contribution in [2.45, 2.75) is 13.5 Å². The highest BCUT2D eigenvalue weighted by atomic mass is 16.5. The Labute approximate surface area is 141 Å². The Morgan fingerprint density at radius 2 is 1.62 bits per heavy atom. The number of para-hydroxylation sites is 1. The van der Waals surface area contributed by atoms with Crippen LogP contribution in [-0.2, 0) is 6.54 Å². The van der Waals surface area contributed by atoms with Gasteiger partial charge in [-0.3, -0.25) is 0 Å². The van der Waals surface area contributed by atoms with Crippen LogP contribution < -0.4 is 15.4 Å². The first-order valence-corrected chi connectivity index (χ1v) is 7.77. The minimum atomic E-state index is 0.686. The second-order valence-electron chi connectivity index (χ2n) is 5.38. The second-order valence-corrected chi connectivity index (χ2v) is 5.38. The lowest BCUT2D eigenvalue weighted by Gasteiger charge is -2.10. The minimum absolute atomic E-state index is 0.686. The Morgan fingerprint density at radius 1 is 0.917 bits per heavy atom. The van der Waals surface area contributed by atoms with Gasteiger partial charge in [0.05, 0.1) is 7.11 Å². The van der Waals surface area contributed by atoms with Gasteiger partial charge in [-0.2, -0.15) is 0 Å². The van der Waals surface area contributed by atoms with E-state index in [4.69, 9.17) is 4.74 Å². The average molecular weight is 320 g/mol. The summed E-state index contributed by atoms with van der Waals surface area (Å²) in [6, 6.07) is 19.8. The minimum Gasteiger partial charge on any atom is -0.497 e. The molecule has 0 bridgehead atoms. The molecule has 1 aromatic heterocycles. The molecule has 0 saturated heterocycles. The monoisotopic (exact) mass is 320 g/mol. The number of ether oxygens (including phenoxy) is 1. The van der Waals surface area contributed by atoms with Gasteiger partial charge >= 0.3 is 0 Å². The van der Waals surface area contributed by atoms with Gasteiger partial charge in [0.25, 0.3) is 0 Å². The summed E-state index contributed by atoms with van der Waals surface area (Å²) in [5.41, 5.74) is 2.15. The van der Waals surface area contributed by atoms with Crippen molar-refractivity contribution in [3.05, 3.63) is 72.1 Å². The molecule has 0 fully saturated rings. The van der Waals surface area contributed by atoms with E-state index >= 15 is 0 Å². The fourth-order valence-electron chi connectivity index (χ4n) is 2.33. The molecule has 0 saturated carbocycles. The highest BCUT2D eigenvalue weighted by molar-refractivity contribution is 5.59. The van der Waals surface area contributed by atoms with E-state index in [1.807, 2.05) is 67.6 Å². The van der Waals surface area contributed by atoms with Crippen LogP contribution in [0, 0.1) is 6.92 Å². The molecule has 0 spiro atoms. The zero-order chi connectivity index (χ0) is 16.8. The summed E-state index contributed by atoms with van der Waals surface area (Å²) < 4.78 is 5.17. The Bertz CT molecular complexity index is 788. The van der Waals surface area contributed by atoms with Crippen LogP contribution in [0.15, 0.2) is 60.7 Å². The third kappa shape index (κ3) is 4.23. The molecule has 0 atom stereocenters. The van der Waals surface area contributed by atoms with Crippen LogP contribution in [0.3, 0.4) is 0 Å². The lowest BCUT2D eigenvalue weighted by molar-refractivity contribution is 0.414. The number of methoxy groups -OCH3 is 1. The van der Waals surface area contributed by atoms with Gasteiger partial charge in [0, 0.05) is 18.3 Å². The zero-order valence-corrected chi connectivity index (χ0v) is 13.8. The van der Waals surface area contributed by atoms with E-state index < -0.39 is 0 Å². The van der Waals surface area contributed by atoms with E-state index in [-0.39, 0.29) is 0 Å². The van der Waals surface area contributed by atoms with Crippen molar-refractivity contribution in [2.24, 2.45) is 0 Å². The number of hydrogen-bond donors (Lipinski definition) is 2. The molecule has 3 aromatic rings. The van der Waals surface area contributed by atoms with Gasteiger partial charge in [-0.25, -0.2) is 9.97 Å². The summed E-state index contributed by atoms with van der Waals surface area (Å²) in [6.07, 6.45) is 0. The van der Waals surface area contributed by atoms with E-state index in [2.05, 4.69) is 20.6 Å². The van der Waals surface area contributed by atoms with Gasteiger partial charge < -0.3 is 15.4 Å². The standard InChI is InChI=1S/C19H20N4O/c1-14-21-18(20-13-15-8-10-17(24-2)11-9-15)12-19(22-14)23-16-6-4-3-5-7-16/h3-12H,13H2,1-2H3,(H2,20,21,22,23). The molecule has 5 nitrogen and oxygen atoms in total. The number of aromatic nitrogens is 2. The lowest BCUT2D eigenvalue weighted by atomic mass is 10.2. The summed E-state index contributed by atoms with van der Waals surface area (Å²) in [4.78, 5) is 8.87. The van der Waals surface area contributed by atoms with Crippen molar-refractivity contribution >= 4 is 17.3 Å². The smallest absolute Gasteiger partial charge is 0.136 e. The molecule has 0 amide bonds. The van der Waals surface area contributed by atoms with Gasteiger partial charge in [0.15, 0.2) is 0 Å². The molecule has 0 aliphatic heterocycles. The van der Waals surface area contributed by atoms with Gasteiger partial charge in [0.2, 0.25) is 0 Å². The summed E-state index contributed by atoms with van der Waals surface area (Å²) in [6.45, 7) is 2.57. The zero-order valence-electron chi connectivity index (χ0n) is 13.8. The van der Waals surface area contributed by atoms with Crippen molar-refractivity contribution in [1.82, 2.24) is 9.97 Å². The molecule has 24 heavy (non-hydrogen) atoms. The first kappa shape index (κ1) is 15.8. The van der Waals surface area contributed by atoms with Crippen LogP contribution in [0.25, 0.3) is 0 Å². The number of rotatable bonds is 6. The summed E-state index contributed by atoms with van der Waals surface area (Å²) in [5, 5.41) is 6.62. The molecule has 2 N–H and O–H groups in total. The Balaban J connectivity index is 1.69. The number of nitrogens with zero attached hydrogens (tertiary/aromatic N) is 2. The topological polar surface area (TPSA) is 59.1 Å². The number of hydrogen-bond acceptors (Lipinski definition) is 5. The third-order valence-corrected chi connectivity index (χ3v) is 3.52. The molecular formula is C19H20N4O. The number of anilines is 3. The van der Waals surface area contributed by atoms with Crippen LogP contribution in [-0.4, -0.2) is 17.1 Å². The van der Waals surface area contributed by atoms with Gasteiger partial charge in [-0.05, 0) is 36.8 Å². The van der Waals surface area contributed by atoms with E-state index in [1.54, 1.807) is 7.11 Å². The van der Waals surface area contributed by atoms with Crippen molar-refractivity contribution < 1.29 is 4.74 Å². The quantitative estimate of drug-likeness (QED) is 0.714. The molecule has 3 rings (SSSR count). The highest BCUT2D eigenvalue weighted by Gasteiger charge is 2.03. The maximum atomic E-state index is 5.17. The van der Waals surface area contributed by atoms with Crippen LogP contribution in [0.2, 0.25) is 0 Å². The fourth-order valence-corrected chi connectivity index (χ4v) is 2.33. The average Bonchev–Trinajstić information content (AvgIpc) is 2.61.